The molecule has 0 amide bonds. The molecule has 0 unspecified atom stereocenters. The molecule has 1 aromatic rings. The summed E-state index contributed by atoms with van der Waals surface area (Å²) in [7, 11) is 0. The number of aromatic hydroxyl groups is 1. The maximum Gasteiger partial charge on any atom is 0.166 e. The van der Waals surface area contributed by atoms with Crippen molar-refractivity contribution in [2.75, 3.05) is 0 Å². The first-order valence-electron chi connectivity index (χ1n) is 6.39. The molecule has 0 atom stereocenters. The number of aryl methyl sites for hydroxylation is 2. The first-order valence-corrected chi connectivity index (χ1v) is 6.39. The minimum Gasteiger partial charge on any atom is -0.507 e. The maximum atomic E-state index is 11.9. The van der Waals surface area contributed by atoms with Gasteiger partial charge in [-0.2, -0.15) is 0 Å². The van der Waals surface area contributed by atoms with Crippen LogP contribution in [0.4, 0.5) is 0 Å². The van der Waals surface area contributed by atoms with Gasteiger partial charge in [-0.15, -0.1) is 0 Å². The summed E-state index contributed by atoms with van der Waals surface area (Å²) in [6.45, 7) is 6.05. The number of carbonyl (C=O) groups is 1. The van der Waals surface area contributed by atoms with Gasteiger partial charge >= 0.3 is 0 Å². The molecule has 94 valence electrons. The maximum absolute atomic E-state index is 11.9. The molecule has 0 saturated heterocycles. The summed E-state index contributed by atoms with van der Waals surface area (Å²) in [5.41, 5.74) is 2.55. The summed E-state index contributed by atoms with van der Waals surface area (Å²) in [6.07, 6.45) is 4.89. The second-order valence-electron chi connectivity index (χ2n) is 4.69. The Morgan fingerprint density at radius 2 is 1.76 bits per heavy atom. The van der Waals surface area contributed by atoms with Gasteiger partial charge in [0.1, 0.15) is 5.75 Å². The van der Waals surface area contributed by atoms with Crippen LogP contribution < -0.4 is 0 Å². The standard InChI is InChI=1S/C15H22O2/c1-4-5-6-7-8-14(16)13-9-11(2)12(3)10-15(13)17/h9-10,17H,4-8H2,1-3H3. The van der Waals surface area contributed by atoms with E-state index in [1.807, 2.05) is 13.8 Å². The van der Waals surface area contributed by atoms with Crippen LogP contribution in [0.5, 0.6) is 5.75 Å². The molecule has 0 spiro atoms. The van der Waals surface area contributed by atoms with Crippen LogP contribution in [-0.4, -0.2) is 10.9 Å². The third-order valence-corrected chi connectivity index (χ3v) is 3.17. The molecular formula is C15H22O2. The number of phenolic OH excluding ortho intramolecular Hbond substituents is 1. The Kier molecular flexibility index (Phi) is 5.20. The van der Waals surface area contributed by atoms with Crippen molar-refractivity contribution in [3.63, 3.8) is 0 Å². The third kappa shape index (κ3) is 3.88. The van der Waals surface area contributed by atoms with Gasteiger partial charge in [0.05, 0.1) is 5.56 Å². The quantitative estimate of drug-likeness (QED) is 0.592. The van der Waals surface area contributed by atoms with E-state index in [4.69, 9.17) is 0 Å². The Morgan fingerprint density at radius 3 is 2.41 bits per heavy atom. The van der Waals surface area contributed by atoms with Gasteiger partial charge in [-0.1, -0.05) is 26.2 Å². The number of ketones is 1. The summed E-state index contributed by atoms with van der Waals surface area (Å²) in [5, 5.41) is 9.77. The van der Waals surface area contributed by atoms with E-state index in [-0.39, 0.29) is 11.5 Å². The molecule has 0 heterocycles. The molecule has 0 radical (unpaired) electrons. The van der Waals surface area contributed by atoms with E-state index in [2.05, 4.69) is 6.92 Å². The molecule has 0 aliphatic heterocycles. The van der Waals surface area contributed by atoms with Crippen LogP contribution in [0.3, 0.4) is 0 Å². The number of carbonyl (C=O) groups excluding carboxylic acids is 1. The van der Waals surface area contributed by atoms with Gasteiger partial charge in [0.15, 0.2) is 5.78 Å². The predicted octanol–water partition coefficient (Wildman–Crippen LogP) is 4.16. The van der Waals surface area contributed by atoms with Crippen LogP contribution in [0.15, 0.2) is 12.1 Å². The van der Waals surface area contributed by atoms with Gasteiger partial charge in [0.25, 0.3) is 0 Å². The molecule has 0 bridgehead atoms. The number of phenols is 1. The lowest BCUT2D eigenvalue weighted by molar-refractivity contribution is 0.0976. The highest BCUT2D eigenvalue weighted by Crippen LogP contribution is 2.23. The fourth-order valence-corrected chi connectivity index (χ4v) is 1.87. The zero-order valence-electron chi connectivity index (χ0n) is 11.0. The minimum atomic E-state index is 0.0571. The van der Waals surface area contributed by atoms with Crippen molar-refractivity contribution in [1.29, 1.82) is 0 Å². The van der Waals surface area contributed by atoms with E-state index in [1.165, 1.54) is 12.8 Å². The molecule has 0 aliphatic rings. The molecule has 0 aliphatic carbocycles. The van der Waals surface area contributed by atoms with E-state index in [0.29, 0.717) is 12.0 Å². The Hall–Kier alpha value is -1.31. The van der Waals surface area contributed by atoms with Gasteiger partial charge in [-0.3, -0.25) is 4.79 Å². The Balaban J connectivity index is 2.66. The molecule has 2 nitrogen and oxygen atoms in total. The average Bonchev–Trinajstić information content (AvgIpc) is 2.29. The van der Waals surface area contributed by atoms with Gasteiger partial charge in [0.2, 0.25) is 0 Å². The SMILES string of the molecule is CCCCCCC(=O)c1cc(C)c(C)cc1O. The van der Waals surface area contributed by atoms with Gasteiger partial charge < -0.3 is 5.11 Å². The molecule has 2 heteroatoms. The summed E-state index contributed by atoms with van der Waals surface area (Å²) >= 11 is 0. The van der Waals surface area contributed by atoms with Gasteiger partial charge in [0, 0.05) is 6.42 Å². The Labute approximate surface area is 104 Å². The fraction of sp³-hybridized carbons (Fsp3) is 0.533. The highest BCUT2D eigenvalue weighted by atomic mass is 16.3. The lowest BCUT2D eigenvalue weighted by Crippen LogP contribution is -2.01. The van der Waals surface area contributed by atoms with Crippen LogP contribution in [-0.2, 0) is 0 Å². The molecular weight excluding hydrogens is 212 g/mol. The summed E-state index contributed by atoms with van der Waals surface area (Å²) in [4.78, 5) is 11.9. The number of hydrogen-bond donors (Lipinski definition) is 1. The lowest BCUT2D eigenvalue weighted by atomic mass is 9.99. The first-order chi connectivity index (χ1) is 8.06. The molecule has 0 aromatic heterocycles. The highest BCUT2D eigenvalue weighted by Gasteiger charge is 2.12. The highest BCUT2D eigenvalue weighted by molar-refractivity contribution is 5.98. The molecule has 0 saturated carbocycles. The number of rotatable bonds is 6. The van der Waals surface area contributed by atoms with Crippen LogP contribution >= 0.6 is 0 Å². The number of unbranched alkanes of at least 4 members (excludes halogenated alkanes) is 3. The molecule has 1 N–H and O–H groups in total. The van der Waals surface area contributed by atoms with Gasteiger partial charge in [-0.05, 0) is 43.5 Å². The fourth-order valence-electron chi connectivity index (χ4n) is 1.87. The van der Waals surface area contributed by atoms with Crippen molar-refractivity contribution in [2.24, 2.45) is 0 Å². The monoisotopic (exact) mass is 234 g/mol. The number of benzene rings is 1. The van der Waals surface area contributed by atoms with Crippen molar-refractivity contribution in [3.8, 4) is 5.75 Å². The van der Waals surface area contributed by atoms with Crippen molar-refractivity contribution >= 4 is 5.78 Å². The zero-order valence-corrected chi connectivity index (χ0v) is 11.0. The minimum absolute atomic E-state index is 0.0571. The van der Waals surface area contributed by atoms with Crippen molar-refractivity contribution < 1.29 is 9.90 Å². The lowest BCUT2D eigenvalue weighted by Gasteiger charge is -2.07. The van der Waals surface area contributed by atoms with Crippen molar-refractivity contribution in [3.05, 3.63) is 28.8 Å². The second-order valence-corrected chi connectivity index (χ2v) is 4.69. The predicted molar refractivity (Wildman–Crippen MR) is 70.7 cm³/mol. The van der Waals surface area contributed by atoms with E-state index in [9.17, 15) is 9.90 Å². The third-order valence-electron chi connectivity index (χ3n) is 3.17. The number of Topliss-reactive ketones (excluding diaryl/α,β-unsaturated/α-hetero) is 1. The zero-order chi connectivity index (χ0) is 12.8. The number of hydrogen-bond acceptors (Lipinski definition) is 2. The average molecular weight is 234 g/mol. The second kappa shape index (κ2) is 6.43. The molecule has 1 rings (SSSR count). The van der Waals surface area contributed by atoms with Crippen molar-refractivity contribution in [2.45, 2.75) is 52.9 Å². The molecule has 0 fully saturated rings. The summed E-state index contributed by atoms with van der Waals surface area (Å²) in [6, 6.07) is 3.47. The largest absolute Gasteiger partial charge is 0.507 e. The normalized spacial score (nSPS) is 10.5. The molecule has 17 heavy (non-hydrogen) atoms. The van der Waals surface area contributed by atoms with Crippen LogP contribution in [0.2, 0.25) is 0 Å². The van der Waals surface area contributed by atoms with E-state index in [1.54, 1.807) is 12.1 Å². The summed E-state index contributed by atoms with van der Waals surface area (Å²) < 4.78 is 0. The summed E-state index contributed by atoms with van der Waals surface area (Å²) in [5.74, 6) is 0.176. The Morgan fingerprint density at radius 1 is 1.12 bits per heavy atom. The van der Waals surface area contributed by atoms with E-state index >= 15 is 0 Å². The molecule has 1 aromatic carbocycles. The van der Waals surface area contributed by atoms with Crippen molar-refractivity contribution in [1.82, 2.24) is 0 Å². The van der Waals surface area contributed by atoms with Gasteiger partial charge in [-0.25, -0.2) is 0 Å². The van der Waals surface area contributed by atoms with Crippen LogP contribution in [0.1, 0.15) is 60.5 Å². The van der Waals surface area contributed by atoms with E-state index in [0.717, 1.165) is 24.0 Å². The first kappa shape index (κ1) is 13.8. The van der Waals surface area contributed by atoms with Crippen LogP contribution in [0.25, 0.3) is 0 Å². The van der Waals surface area contributed by atoms with Crippen LogP contribution in [0, 0.1) is 13.8 Å². The Bertz CT molecular complexity index is 394. The topological polar surface area (TPSA) is 37.3 Å². The van der Waals surface area contributed by atoms with E-state index < -0.39 is 0 Å². The smallest absolute Gasteiger partial charge is 0.166 e.